The minimum Gasteiger partial charge on any atom is -0.384 e. The molecule has 1 saturated carbocycles. The Bertz CT molecular complexity index is 551. The zero-order valence-corrected chi connectivity index (χ0v) is 11.5. The molecule has 0 bridgehead atoms. The number of aliphatic hydroxyl groups is 1. The summed E-state index contributed by atoms with van der Waals surface area (Å²) in [5, 5.41) is 18.6. The molecule has 5 nitrogen and oxygen atoms in total. The zero-order chi connectivity index (χ0) is 13.9. The lowest BCUT2D eigenvalue weighted by atomic mass is 10.1. The first kappa shape index (κ1) is 13.3. The second-order valence-corrected chi connectivity index (χ2v) is 5.11. The molecule has 1 N–H and O–H groups in total. The predicted molar refractivity (Wildman–Crippen MR) is 74.5 cm³/mol. The molecule has 2 atom stereocenters. The van der Waals surface area contributed by atoms with Gasteiger partial charge in [-0.2, -0.15) is 0 Å². The van der Waals surface area contributed by atoms with E-state index in [0.717, 1.165) is 18.5 Å². The molecule has 20 heavy (non-hydrogen) atoms. The lowest BCUT2D eigenvalue weighted by Crippen LogP contribution is -2.26. The van der Waals surface area contributed by atoms with Crippen molar-refractivity contribution in [1.29, 1.82) is 0 Å². The van der Waals surface area contributed by atoms with E-state index in [-0.39, 0.29) is 6.10 Å². The Hall–Kier alpha value is -1.72. The van der Waals surface area contributed by atoms with Crippen molar-refractivity contribution in [3.05, 3.63) is 42.2 Å². The van der Waals surface area contributed by atoms with Gasteiger partial charge < -0.3 is 9.84 Å². The van der Waals surface area contributed by atoms with Gasteiger partial charge >= 0.3 is 0 Å². The van der Waals surface area contributed by atoms with Crippen molar-refractivity contribution < 1.29 is 9.84 Å². The zero-order valence-electron chi connectivity index (χ0n) is 11.5. The normalized spacial score (nSPS) is 17.9. The molecule has 2 unspecified atom stereocenters. The third-order valence-electron chi connectivity index (χ3n) is 3.64. The molecule has 1 fully saturated rings. The number of hydrogen-bond acceptors (Lipinski definition) is 4. The topological polar surface area (TPSA) is 60.2 Å². The minimum absolute atomic E-state index is 0.166. The average Bonchev–Trinajstić information content (AvgIpc) is 3.20. The van der Waals surface area contributed by atoms with E-state index in [1.54, 1.807) is 10.9 Å². The molecule has 0 saturated heterocycles. The van der Waals surface area contributed by atoms with E-state index in [4.69, 9.17) is 4.74 Å². The maximum absolute atomic E-state index is 10.6. The van der Waals surface area contributed by atoms with E-state index in [9.17, 15) is 5.11 Å². The Morgan fingerprint density at radius 2 is 2.10 bits per heavy atom. The SMILES string of the molecule is CCOC(C1CC1)C(O)c1cnnn1-c1ccccc1. The molecule has 106 valence electrons. The van der Waals surface area contributed by atoms with E-state index < -0.39 is 6.10 Å². The Morgan fingerprint density at radius 1 is 1.35 bits per heavy atom. The number of rotatable bonds is 6. The molecular weight excluding hydrogens is 254 g/mol. The second-order valence-electron chi connectivity index (χ2n) is 5.11. The fraction of sp³-hybridized carbons (Fsp3) is 0.467. The summed E-state index contributed by atoms with van der Waals surface area (Å²) in [5.41, 5.74) is 1.58. The molecule has 1 aliphatic rings. The molecule has 0 radical (unpaired) electrons. The Kier molecular flexibility index (Phi) is 3.80. The van der Waals surface area contributed by atoms with Crippen LogP contribution in [0, 0.1) is 5.92 Å². The van der Waals surface area contributed by atoms with Crippen LogP contribution in [0.5, 0.6) is 0 Å². The Labute approximate surface area is 118 Å². The van der Waals surface area contributed by atoms with Gasteiger partial charge in [0.15, 0.2) is 0 Å². The lowest BCUT2D eigenvalue weighted by Gasteiger charge is -2.22. The number of aromatic nitrogens is 3. The van der Waals surface area contributed by atoms with E-state index >= 15 is 0 Å². The summed E-state index contributed by atoms with van der Waals surface area (Å²) in [6.07, 6.45) is 2.99. The van der Waals surface area contributed by atoms with Crippen LogP contribution in [0.4, 0.5) is 0 Å². The first-order valence-electron chi connectivity index (χ1n) is 7.07. The molecule has 0 spiro atoms. The summed E-state index contributed by atoms with van der Waals surface area (Å²) < 4.78 is 7.40. The molecule has 1 aromatic carbocycles. The van der Waals surface area contributed by atoms with Crippen LogP contribution in [-0.4, -0.2) is 32.8 Å². The van der Waals surface area contributed by atoms with Crippen LogP contribution in [0.2, 0.25) is 0 Å². The van der Waals surface area contributed by atoms with Crippen LogP contribution in [0.15, 0.2) is 36.5 Å². The van der Waals surface area contributed by atoms with E-state index in [1.807, 2.05) is 37.3 Å². The highest BCUT2D eigenvalue weighted by Crippen LogP contribution is 2.40. The molecule has 3 rings (SSSR count). The van der Waals surface area contributed by atoms with Crippen molar-refractivity contribution in [3.63, 3.8) is 0 Å². The van der Waals surface area contributed by atoms with Crippen molar-refractivity contribution in [1.82, 2.24) is 15.0 Å². The summed E-state index contributed by atoms with van der Waals surface area (Å²) in [4.78, 5) is 0. The molecule has 0 aliphatic heterocycles. The lowest BCUT2D eigenvalue weighted by molar-refractivity contribution is -0.0487. The number of benzene rings is 1. The summed E-state index contributed by atoms with van der Waals surface area (Å²) in [7, 11) is 0. The van der Waals surface area contributed by atoms with Crippen LogP contribution in [-0.2, 0) is 4.74 Å². The van der Waals surface area contributed by atoms with Gasteiger partial charge in [-0.1, -0.05) is 23.4 Å². The highest BCUT2D eigenvalue weighted by molar-refractivity contribution is 5.32. The van der Waals surface area contributed by atoms with E-state index in [2.05, 4.69) is 10.3 Å². The van der Waals surface area contributed by atoms with Gasteiger partial charge in [0.05, 0.1) is 23.7 Å². The van der Waals surface area contributed by atoms with Gasteiger partial charge in [0, 0.05) is 6.61 Å². The highest BCUT2D eigenvalue weighted by Gasteiger charge is 2.38. The monoisotopic (exact) mass is 273 g/mol. The van der Waals surface area contributed by atoms with Gasteiger partial charge in [-0.25, -0.2) is 4.68 Å². The largest absolute Gasteiger partial charge is 0.384 e. The van der Waals surface area contributed by atoms with Gasteiger partial charge in [-0.05, 0) is 37.8 Å². The molecule has 1 heterocycles. The summed E-state index contributed by atoms with van der Waals surface area (Å²) in [5.74, 6) is 0.448. The number of hydrogen-bond donors (Lipinski definition) is 1. The van der Waals surface area contributed by atoms with Gasteiger partial charge in [-0.15, -0.1) is 5.10 Å². The first-order chi connectivity index (χ1) is 9.81. The van der Waals surface area contributed by atoms with Crippen molar-refractivity contribution in [3.8, 4) is 5.69 Å². The molecule has 5 heteroatoms. The molecular formula is C15H19N3O2. The smallest absolute Gasteiger partial charge is 0.124 e. The fourth-order valence-corrected chi connectivity index (χ4v) is 2.49. The van der Waals surface area contributed by atoms with E-state index in [0.29, 0.717) is 18.2 Å². The minimum atomic E-state index is -0.697. The molecule has 1 aromatic heterocycles. The third-order valence-corrected chi connectivity index (χ3v) is 3.64. The maximum atomic E-state index is 10.6. The van der Waals surface area contributed by atoms with Gasteiger partial charge in [0.2, 0.25) is 0 Å². The van der Waals surface area contributed by atoms with Gasteiger partial charge in [-0.3, -0.25) is 0 Å². The first-order valence-corrected chi connectivity index (χ1v) is 7.07. The second kappa shape index (κ2) is 5.73. The molecule has 1 aliphatic carbocycles. The Balaban J connectivity index is 1.88. The average molecular weight is 273 g/mol. The van der Waals surface area contributed by atoms with E-state index in [1.165, 1.54) is 0 Å². The van der Waals surface area contributed by atoms with Crippen LogP contribution in [0.1, 0.15) is 31.6 Å². The summed E-state index contributed by atoms with van der Waals surface area (Å²) in [6, 6.07) is 9.71. The van der Waals surface area contributed by atoms with Gasteiger partial charge in [0.1, 0.15) is 6.10 Å². The van der Waals surface area contributed by atoms with Crippen molar-refractivity contribution >= 4 is 0 Å². The standard InChI is InChI=1S/C15H19N3O2/c1-2-20-15(11-8-9-11)14(19)13-10-16-17-18(13)12-6-4-3-5-7-12/h3-7,10-11,14-15,19H,2,8-9H2,1H3. The van der Waals surface area contributed by atoms with Crippen LogP contribution in [0.25, 0.3) is 5.69 Å². The maximum Gasteiger partial charge on any atom is 0.124 e. The van der Waals surface area contributed by atoms with Crippen LogP contribution in [0.3, 0.4) is 0 Å². The number of para-hydroxylation sites is 1. The van der Waals surface area contributed by atoms with Crippen molar-refractivity contribution in [2.75, 3.05) is 6.61 Å². The van der Waals surface area contributed by atoms with Crippen LogP contribution < -0.4 is 0 Å². The van der Waals surface area contributed by atoms with Crippen LogP contribution >= 0.6 is 0 Å². The molecule has 0 amide bonds. The number of ether oxygens (including phenoxy) is 1. The van der Waals surface area contributed by atoms with Crippen molar-refractivity contribution in [2.24, 2.45) is 5.92 Å². The third kappa shape index (κ3) is 2.59. The fourth-order valence-electron chi connectivity index (χ4n) is 2.49. The highest BCUT2D eigenvalue weighted by atomic mass is 16.5. The Morgan fingerprint density at radius 3 is 2.75 bits per heavy atom. The predicted octanol–water partition coefficient (Wildman–Crippen LogP) is 2.12. The number of nitrogens with zero attached hydrogens (tertiary/aromatic N) is 3. The van der Waals surface area contributed by atoms with Gasteiger partial charge in [0.25, 0.3) is 0 Å². The molecule has 2 aromatic rings. The quantitative estimate of drug-likeness (QED) is 0.875. The number of aliphatic hydroxyl groups excluding tert-OH is 1. The summed E-state index contributed by atoms with van der Waals surface area (Å²) in [6.45, 7) is 2.56. The van der Waals surface area contributed by atoms with Crippen molar-refractivity contribution in [2.45, 2.75) is 32.0 Å². The summed E-state index contributed by atoms with van der Waals surface area (Å²) >= 11 is 0.